The van der Waals surface area contributed by atoms with Gasteiger partial charge >= 0.3 is 0 Å². The third kappa shape index (κ3) is 3.42. The van der Waals surface area contributed by atoms with Crippen molar-refractivity contribution in [2.45, 2.75) is 54.6 Å². The van der Waals surface area contributed by atoms with Crippen LogP contribution in [0.3, 0.4) is 0 Å². The fourth-order valence-electron chi connectivity index (χ4n) is 5.24. The third-order valence-electron chi connectivity index (χ3n) is 6.76. The monoisotopic (exact) mass is 412 g/mol. The molecule has 0 saturated heterocycles. The minimum Gasteiger partial charge on any atom is -0.323 e. The van der Waals surface area contributed by atoms with Gasteiger partial charge in [0.25, 0.3) is 0 Å². The van der Waals surface area contributed by atoms with Gasteiger partial charge in [0.15, 0.2) is 6.20 Å². The van der Waals surface area contributed by atoms with Crippen molar-refractivity contribution in [1.82, 2.24) is 0 Å². The van der Waals surface area contributed by atoms with E-state index in [2.05, 4.69) is 125 Å². The first-order valence-corrected chi connectivity index (χ1v) is 11.1. The first kappa shape index (κ1) is 21.2. The van der Waals surface area contributed by atoms with Gasteiger partial charge in [0.2, 0.25) is 5.69 Å². The van der Waals surface area contributed by atoms with E-state index in [9.17, 15) is 0 Å². The number of hydrogen-bond donors (Lipinski definition) is 0. The van der Waals surface area contributed by atoms with Gasteiger partial charge in [-0.15, -0.1) is 0 Å². The lowest BCUT2D eigenvalue weighted by atomic mass is 9.93. The number of aromatic nitrogens is 1. The average Bonchev–Trinajstić information content (AvgIpc) is 2.94. The SMILES string of the molecule is CC1=C(C)N(c2c(C)cc(C)c(-c3cc(C)cc[n+]3C)c2C)[C@H](C)N1c1ccccc1. The minimum atomic E-state index is 0.210. The Labute approximate surface area is 187 Å². The fourth-order valence-corrected chi connectivity index (χ4v) is 5.24. The molecule has 0 N–H and O–H groups in total. The van der Waals surface area contributed by atoms with Crippen molar-refractivity contribution in [2.24, 2.45) is 7.05 Å². The van der Waals surface area contributed by atoms with Gasteiger partial charge in [0, 0.05) is 34.9 Å². The molecule has 0 saturated carbocycles. The Morgan fingerprint density at radius 1 is 0.774 bits per heavy atom. The van der Waals surface area contributed by atoms with Crippen LogP contribution < -0.4 is 14.4 Å². The molecule has 0 bridgehead atoms. The molecule has 3 heteroatoms. The normalized spacial score (nSPS) is 16.5. The van der Waals surface area contributed by atoms with Crippen LogP contribution in [0.2, 0.25) is 0 Å². The van der Waals surface area contributed by atoms with Crippen molar-refractivity contribution >= 4 is 11.4 Å². The van der Waals surface area contributed by atoms with Gasteiger partial charge in [0.05, 0.1) is 5.56 Å². The molecule has 0 spiro atoms. The highest BCUT2D eigenvalue weighted by molar-refractivity contribution is 5.79. The molecule has 1 atom stereocenters. The highest BCUT2D eigenvalue weighted by Gasteiger charge is 2.35. The smallest absolute Gasteiger partial charge is 0.213 e. The van der Waals surface area contributed by atoms with Gasteiger partial charge in [-0.3, -0.25) is 0 Å². The van der Waals surface area contributed by atoms with Crippen molar-refractivity contribution in [3.63, 3.8) is 0 Å². The minimum absolute atomic E-state index is 0.210. The van der Waals surface area contributed by atoms with E-state index < -0.39 is 0 Å². The van der Waals surface area contributed by atoms with Crippen molar-refractivity contribution in [1.29, 1.82) is 0 Å². The lowest BCUT2D eigenvalue weighted by Gasteiger charge is -2.34. The van der Waals surface area contributed by atoms with Crippen LogP contribution in [-0.4, -0.2) is 6.17 Å². The van der Waals surface area contributed by atoms with Crippen LogP contribution in [0.15, 0.2) is 66.1 Å². The summed E-state index contributed by atoms with van der Waals surface area (Å²) in [7, 11) is 2.14. The predicted octanol–water partition coefficient (Wildman–Crippen LogP) is 6.34. The Bertz CT molecular complexity index is 1170. The van der Waals surface area contributed by atoms with E-state index in [1.54, 1.807) is 0 Å². The maximum Gasteiger partial charge on any atom is 0.213 e. The molecule has 3 nitrogen and oxygen atoms in total. The van der Waals surface area contributed by atoms with Crippen molar-refractivity contribution in [3.05, 3.63) is 88.4 Å². The first-order chi connectivity index (χ1) is 14.7. The zero-order valence-corrected chi connectivity index (χ0v) is 20.1. The van der Waals surface area contributed by atoms with Crippen LogP contribution in [0.5, 0.6) is 0 Å². The molecule has 31 heavy (non-hydrogen) atoms. The number of benzene rings is 2. The van der Waals surface area contributed by atoms with E-state index in [1.165, 1.54) is 56.3 Å². The zero-order chi connectivity index (χ0) is 22.4. The summed E-state index contributed by atoms with van der Waals surface area (Å²) in [6.45, 7) is 15.7. The van der Waals surface area contributed by atoms with E-state index in [1.807, 2.05) is 0 Å². The standard InChI is InChI=1S/C28H34N3/c1-18-14-15-29(8)26(16-18)27-19(2)17-20(3)28(21(27)4)31-23(6)22(5)30(24(31)7)25-12-10-9-11-13-25/h9-17,24H,1-8H3/q+1/t24-/m1/s1. The van der Waals surface area contributed by atoms with Crippen molar-refractivity contribution in [3.8, 4) is 11.3 Å². The summed E-state index contributed by atoms with van der Waals surface area (Å²) in [6.07, 6.45) is 2.37. The lowest BCUT2D eigenvalue weighted by molar-refractivity contribution is -0.660. The molecule has 0 fully saturated rings. The van der Waals surface area contributed by atoms with Gasteiger partial charge in [-0.1, -0.05) is 24.3 Å². The lowest BCUT2D eigenvalue weighted by Crippen LogP contribution is -2.38. The Morgan fingerprint density at radius 2 is 1.42 bits per heavy atom. The summed E-state index contributed by atoms with van der Waals surface area (Å²) in [5, 5.41) is 0. The maximum atomic E-state index is 2.52. The van der Waals surface area contributed by atoms with Crippen molar-refractivity contribution < 1.29 is 4.57 Å². The summed E-state index contributed by atoms with van der Waals surface area (Å²) in [4.78, 5) is 4.96. The molecule has 2 aromatic carbocycles. The topological polar surface area (TPSA) is 10.4 Å². The number of allylic oxidation sites excluding steroid dienone is 2. The number of aryl methyl sites for hydroxylation is 4. The van der Waals surface area contributed by atoms with Gasteiger partial charge in [-0.05, 0) is 82.9 Å². The summed E-state index contributed by atoms with van der Waals surface area (Å²) in [5.41, 5.74) is 13.1. The molecular weight excluding hydrogens is 378 g/mol. The van der Waals surface area contributed by atoms with E-state index in [4.69, 9.17) is 0 Å². The second-order valence-corrected chi connectivity index (χ2v) is 8.94. The number of rotatable bonds is 3. The number of hydrogen-bond acceptors (Lipinski definition) is 2. The van der Waals surface area contributed by atoms with Crippen molar-refractivity contribution in [2.75, 3.05) is 9.80 Å². The van der Waals surface area contributed by atoms with Gasteiger partial charge in [0.1, 0.15) is 13.2 Å². The molecule has 0 radical (unpaired) electrons. The number of anilines is 2. The van der Waals surface area contributed by atoms with E-state index in [-0.39, 0.29) is 6.17 Å². The summed E-state index contributed by atoms with van der Waals surface area (Å²) >= 11 is 0. The first-order valence-electron chi connectivity index (χ1n) is 11.1. The predicted molar refractivity (Wildman–Crippen MR) is 131 cm³/mol. The Hall–Kier alpha value is -3.07. The fraction of sp³-hybridized carbons (Fsp3) is 0.321. The molecule has 160 valence electrons. The van der Waals surface area contributed by atoms with Crippen LogP contribution in [0, 0.1) is 27.7 Å². The molecule has 1 aliphatic rings. The van der Waals surface area contributed by atoms with Crippen LogP contribution in [-0.2, 0) is 7.05 Å². The van der Waals surface area contributed by atoms with Crippen LogP contribution >= 0.6 is 0 Å². The van der Waals surface area contributed by atoms with E-state index >= 15 is 0 Å². The number of nitrogens with zero attached hydrogens (tertiary/aromatic N) is 3. The highest BCUT2D eigenvalue weighted by Crippen LogP contribution is 2.43. The molecule has 2 heterocycles. The third-order valence-corrected chi connectivity index (χ3v) is 6.76. The number of para-hydroxylation sites is 1. The van der Waals surface area contributed by atoms with Gasteiger partial charge < -0.3 is 9.80 Å². The zero-order valence-electron chi connectivity index (χ0n) is 20.1. The second kappa shape index (κ2) is 7.88. The average molecular weight is 413 g/mol. The second-order valence-electron chi connectivity index (χ2n) is 8.94. The van der Waals surface area contributed by atoms with Crippen LogP contribution in [0.1, 0.15) is 43.0 Å². The Kier molecular flexibility index (Phi) is 5.38. The molecule has 0 amide bonds. The molecule has 0 unspecified atom stereocenters. The Morgan fingerprint density at radius 3 is 2.10 bits per heavy atom. The quantitative estimate of drug-likeness (QED) is 0.465. The van der Waals surface area contributed by atoms with Crippen LogP contribution in [0.4, 0.5) is 11.4 Å². The molecule has 1 aromatic heterocycles. The van der Waals surface area contributed by atoms with Gasteiger partial charge in [-0.2, -0.15) is 0 Å². The van der Waals surface area contributed by atoms with E-state index in [0.717, 1.165) is 0 Å². The van der Waals surface area contributed by atoms with Gasteiger partial charge in [-0.25, -0.2) is 4.57 Å². The largest absolute Gasteiger partial charge is 0.323 e. The van der Waals surface area contributed by atoms with E-state index in [0.29, 0.717) is 0 Å². The molecule has 4 rings (SSSR count). The summed E-state index contributed by atoms with van der Waals surface area (Å²) < 4.78 is 2.24. The van der Waals surface area contributed by atoms with Crippen LogP contribution in [0.25, 0.3) is 11.3 Å². The number of pyridine rings is 1. The molecule has 1 aliphatic heterocycles. The molecule has 0 aliphatic carbocycles. The maximum absolute atomic E-state index is 2.52. The molecular formula is C28H34N3+. The Balaban J connectivity index is 1.90. The highest BCUT2D eigenvalue weighted by atomic mass is 15.4. The summed E-state index contributed by atoms with van der Waals surface area (Å²) in [6, 6.07) is 17.5. The summed E-state index contributed by atoms with van der Waals surface area (Å²) in [5.74, 6) is 0. The molecule has 3 aromatic rings.